The third-order valence-electron chi connectivity index (χ3n) is 12.0. The summed E-state index contributed by atoms with van der Waals surface area (Å²) in [5.41, 5.74) is 11.7. The number of aromatic nitrogens is 3. The molecule has 7 aromatic rings. The Bertz CT molecular complexity index is 2480. The van der Waals surface area contributed by atoms with Crippen LogP contribution in [0.4, 0.5) is 0 Å². The minimum atomic E-state index is 0.290. The molecule has 0 aliphatic heterocycles. The molecule has 2 unspecified atom stereocenters. The molecule has 2 aliphatic carbocycles. The number of hydrogen-bond acceptors (Lipinski definition) is 4. The van der Waals surface area contributed by atoms with Crippen molar-refractivity contribution in [2.45, 2.75) is 51.4 Å². The lowest BCUT2D eigenvalue weighted by atomic mass is 9.54. The molecule has 1 aromatic heterocycles. The first kappa shape index (κ1) is 34.6. The van der Waals surface area contributed by atoms with Gasteiger partial charge in [-0.1, -0.05) is 141 Å². The largest absolute Gasteiger partial charge is 0.208 e. The number of rotatable bonds is 7. The van der Waals surface area contributed by atoms with E-state index in [4.69, 9.17) is 15.0 Å². The Morgan fingerprint density at radius 2 is 0.982 bits per heavy atom. The van der Waals surface area contributed by atoms with E-state index in [2.05, 4.69) is 123 Å². The Hall–Kier alpha value is -6.18. The lowest BCUT2D eigenvalue weighted by Crippen LogP contribution is -2.42. The molecular formula is C51H44N4. The molecule has 2 saturated carbocycles. The number of hydrogen-bond donors (Lipinski definition) is 0. The van der Waals surface area contributed by atoms with Crippen LogP contribution < -0.4 is 0 Å². The molecule has 0 radical (unpaired) electrons. The highest BCUT2D eigenvalue weighted by atomic mass is 15.0. The molecule has 4 atom stereocenters. The lowest BCUT2D eigenvalue weighted by Gasteiger charge is -2.50. The Labute approximate surface area is 324 Å². The minimum absolute atomic E-state index is 0.290. The van der Waals surface area contributed by atoms with Gasteiger partial charge in [0.15, 0.2) is 17.5 Å². The van der Waals surface area contributed by atoms with Crippen LogP contribution in [0.3, 0.4) is 0 Å². The average molecular weight is 713 g/mol. The highest BCUT2D eigenvalue weighted by Gasteiger charge is 2.45. The van der Waals surface area contributed by atoms with Crippen molar-refractivity contribution in [3.63, 3.8) is 0 Å². The molecule has 1 heterocycles. The second kappa shape index (κ2) is 14.6. The van der Waals surface area contributed by atoms with E-state index >= 15 is 0 Å². The summed E-state index contributed by atoms with van der Waals surface area (Å²) in [6.45, 7) is 4.92. The van der Waals surface area contributed by atoms with E-state index in [9.17, 15) is 5.26 Å². The molecular weight excluding hydrogens is 669 g/mol. The molecule has 268 valence electrons. The van der Waals surface area contributed by atoms with Crippen LogP contribution in [0.5, 0.6) is 0 Å². The van der Waals surface area contributed by atoms with Crippen LogP contribution >= 0.6 is 0 Å². The van der Waals surface area contributed by atoms with Crippen LogP contribution in [0.1, 0.15) is 57.1 Å². The van der Waals surface area contributed by atoms with E-state index in [-0.39, 0.29) is 5.41 Å². The van der Waals surface area contributed by atoms with Crippen molar-refractivity contribution in [1.82, 2.24) is 15.0 Å². The summed E-state index contributed by atoms with van der Waals surface area (Å²) in [6, 6.07) is 55.0. The first-order valence-corrected chi connectivity index (χ1v) is 19.7. The maximum absolute atomic E-state index is 9.38. The summed E-state index contributed by atoms with van der Waals surface area (Å²) >= 11 is 0. The van der Waals surface area contributed by atoms with Gasteiger partial charge in [-0.15, -0.1) is 0 Å². The molecule has 9 rings (SSSR count). The van der Waals surface area contributed by atoms with Gasteiger partial charge < -0.3 is 0 Å². The van der Waals surface area contributed by atoms with Gasteiger partial charge in [-0.2, -0.15) is 5.26 Å². The third-order valence-corrected chi connectivity index (χ3v) is 12.0. The summed E-state index contributed by atoms with van der Waals surface area (Å²) in [6.07, 6.45) is 6.67. The van der Waals surface area contributed by atoms with Crippen LogP contribution in [0, 0.1) is 29.1 Å². The van der Waals surface area contributed by atoms with E-state index in [1.54, 1.807) is 0 Å². The van der Waals surface area contributed by atoms with Gasteiger partial charge in [0.25, 0.3) is 0 Å². The summed E-state index contributed by atoms with van der Waals surface area (Å²) in [5.74, 6) is 4.29. The first-order chi connectivity index (χ1) is 26.9. The van der Waals surface area contributed by atoms with Crippen LogP contribution in [0.15, 0.2) is 152 Å². The molecule has 55 heavy (non-hydrogen) atoms. The molecule has 2 bridgehead atoms. The van der Waals surface area contributed by atoms with Crippen LogP contribution in [0.2, 0.25) is 0 Å². The Morgan fingerprint density at radius 1 is 0.473 bits per heavy atom. The zero-order valence-corrected chi connectivity index (χ0v) is 31.5. The Kier molecular flexibility index (Phi) is 9.16. The Balaban J connectivity index is 1.16. The van der Waals surface area contributed by atoms with Crippen LogP contribution in [0.25, 0.3) is 67.5 Å². The van der Waals surface area contributed by atoms with Gasteiger partial charge in [0.1, 0.15) is 0 Å². The molecule has 0 spiro atoms. The van der Waals surface area contributed by atoms with Crippen molar-refractivity contribution in [2.75, 3.05) is 0 Å². The van der Waals surface area contributed by atoms with Crippen molar-refractivity contribution in [2.24, 2.45) is 17.8 Å². The summed E-state index contributed by atoms with van der Waals surface area (Å²) < 4.78 is 0. The second-order valence-electron chi connectivity index (χ2n) is 16.1. The van der Waals surface area contributed by atoms with Gasteiger partial charge in [-0.3, -0.25) is 0 Å². The average Bonchev–Trinajstić information content (AvgIpc) is 3.23. The standard InChI is InChI=1S/C51H44N4/c1-34-27-37-28-35(2)31-51(30-34,32-37)43-24-21-40(22-25-43)44-15-9-10-16-45(44)49-53-48(41-13-7-4-8-14-41)54-50(55-49)46-26-23-42(38-19-17-36(33-52)18-20-38)29-47(46)39-11-5-3-6-12-39/h3-26,29,34-35,37H,27-28,30-32H2,1-2H3/t34-,35+,37?,51?. The molecule has 6 aromatic carbocycles. The van der Waals surface area contributed by atoms with Gasteiger partial charge in [-0.25, -0.2) is 15.0 Å². The predicted molar refractivity (Wildman–Crippen MR) is 224 cm³/mol. The predicted octanol–water partition coefficient (Wildman–Crippen LogP) is 12.8. The zero-order chi connectivity index (χ0) is 37.4. The van der Waals surface area contributed by atoms with Crippen molar-refractivity contribution >= 4 is 0 Å². The molecule has 4 nitrogen and oxygen atoms in total. The smallest absolute Gasteiger partial charge is 0.164 e. The number of benzene rings is 6. The highest BCUT2D eigenvalue weighted by molar-refractivity contribution is 5.87. The first-order valence-electron chi connectivity index (χ1n) is 19.7. The Morgan fingerprint density at radius 3 is 1.62 bits per heavy atom. The van der Waals surface area contributed by atoms with E-state index < -0.39 is 0 Å². The lowest BCUT2D eigenvalue weighted by molar-refractivity contribution is 0.0780. The molecule has 0 amide bonds. The van der Waals surface area contributed by atoms with Gasteiger partial charge in [0.2, 0.25) is 0 Å². The summed E-state index contributed by atoms with van der Waals surface area (Å²) in [5, 5.41) is 9.38. The van der Waals surface area contributed by atoms with E-state index in [0.29, 0.717) is 23.0 Å². The number of nitriles is 1. The van der Waals surface area contributed by atoms with Crippen LogP contribution in [-0.2, 0) is 5.41 Å². The quantitative estimate of drug-likeness (QED) is 0.165. The SMILES string of the molecule is C[C@@H]1CC2C[C@H](C)CC(c3ccc(-c4ccccc4-c4nc(-c5ccccc5)nc(-c5ccc(-c6ccc(C#N)cc6)cc5-c5ccccc5)n4)cc3)(C2)C1. The van der Waals surface area contributed by atoms with Gasteiger partial charge in [0, 0.05) is 16.7 Å². The molecule has 0 saturated heterocycles. The monoisotopic (exact) mass is 712 g/mol. The van der Waals surface area contributed by atoms with Crippen molar-refractivity contribution in [3.8, 4) is 73.6 Å². The summed E-state index contributed by atoms with van der Waals surface area (Å²) in [4.78, 5) is 15.6. The maximum atomic E-state index is 9.38. The van der Waals surface area contributed by atoms with E-state index in [1.807, 2.05) is 48.5 Å². The van der Waals surface area contributed by atoms with Crippen molar-refractivity contribution < 1.29 is 0 Å². The number of fused-ring (bicyclic) bond motifs is 2. The highest BCUT2D eigenvalue weighted by Crippen LogP contribution is 2.54. The third kappa shape index (κ3) is 6.88. The fourth-order valence-electron chi connectivity index (χ4n) is 9.84. The minimum Gasteiger partial charge on any atom is -0.208 e. The van der Waals surface area contributed by atoms with Crippen LogP contribution in [-0.4, -0.2) is 15.0 Å². The summed E-state index contributed by atoms with van der Waals surface area (Å²) in [7, 11) is 0. The second-order valence-corrected chi connectivity index (χ2v) is 16.1. The van der Waals surface area contributed by atoms with Gasteiger partial charge >= 0.3 is 0 Å². The molecule has 4 heteroatoms. The van der Waals surface area contributed by atoms with Gasteiger partial charge in [-0.05, 0) is 118 Å². The van der Waals surface area contributed by atoms with Gasteiger partial charge in [0.05, 0.1) is 11.6 Å². The van der Waals surface area contributed by atoms with Crippen molar-refractivity contribution in [3.05, 3.63) is 163 Å². The molecule has 2 fully saturated rings. The normalized spacial score (nSPS) is 20.4. The fraction of sp³-hybridized carbons (Fsp3) is 0.216. The zero-order valence-electron chi connectivity index (χ0n) is 31.5. The fourth-order valence-corrected chi connectivity index (χ4v) is 9.84. The molecule has 0 N–H and O–H groups in total. The number of nitrogens with zero attached hydrogens (tertiary/aromatic N) is 4. The topological polar surface area (TPSA) is 62.5 Å². The maximum Gasteiger partial charge on any atom is 0.164 e. The molecule has 2 aliphatic rings. The van der Waals surface area contributed by atoms with E-state index in [1.165, 1.54) is 43.2 Å². The van der Waals surface area contributed by atoms with E-state index in [0.717, 1.165) is 62.3 Å². The van der Waals surface area contributed by atoms with Crippen molar-refractivity contribution in [1.29, 1.82) is 5.26 Å².